The van der Waals surface area contributed by atoms with E-state index in [-0.39, 0.29) is 5.83 Å². The molecule has 1 aromatic carbocycles. The van der Waals surface area contributed by atoms with E-state index in [9.17, 15) is 4.39 Å². The van der Waals surface area contributed by atoms with Crippen molar-refractivity contribution in [2.75, 3.05) is 23.3 Å². The Labute approximate surface area is 192 Å². The molecule has 7 nitrogen and oxygen atoms in total. The van der Waals surface area contributed by atoms with Crippen molar-refractivity contribution >= 4 is 23.3 Å². The standard InChI is InChI=1S/C25H27FN6O/c26-17-8-11-32-23(15-28-25(32)12-17)19-5-6-22(21-16-33-29-14-20(19)21)30-24-7-4-18(13-27-24)31-9-2-1-3-10-31/h4-7,12-13,15,29H,1-3,8-11,14,16H2,(H,27,30). The van der Waals surface area contributed by atoms with Crippen molar-refractivity contribution in [1.82, 2.24) is 20.0 Å². The van der Waals surface area contributed by atoms with Crippen LogP contribution >= 0.6 is 0 Å². The first-order valence-electron chi connectivity index (χ1n) is 11.7. The fraction of sp³-hybridized carbons (Fsp3) is 0.360. The predicted molar refractivity (Wildman–Crippen MR) is 127 cm³/mol. The number of benzene rings is 1. The molecule has 3 aliphatic heterocycles. The topological polar surface area (TPSA) is 67.2 Å². The number of nitrogens with one attached hydrogen (secondary N) is 2. The lowest BCUT2D eigenvalue weighted by molar-refractivity contribution is 0.0114. The maximum atomic E-state index is 13.7. The Kier molecular flexibility index (Phi) is 5.32. The fourth-order valence-corrected chi connectivity index (χ4v) is 4.99. The molecule has 0 atom stereocenters. The molecule has 1 fully saturated rings. The number of fused-ring (bicyclic) bond motifs is 2. The lowest BCUT2D eigenvalue weighted by Crippen LogP contribution is -2.29. The van der Waals surface area contributed by atoms with Gasteiger partial charge in [0.25, 0.3) is 0 Å². The van der Waals surface area contributed by atoms with Crippen molar-refractivity contribution < 1.29 is 9.23 Å². The first-order chi connectivity index (χ1) is 16.3. The number of hydroxylamine groups is 1. The van der Waals surface area contributed by atoms with Crippen molar-refractivity contribution in [3.63, 3.8) is 0 Å². The van der Waals surface area contributed by atoms with Gasteiger partial charge in [-0.1, -0.05) is 6.07 Å². The zero-order chi connectivity index (χ0) is 22.2. The molecule has 2 N–H and O–H groups in total. The molecule has 0 spiro atoms. The highest BCUT2D eigenvalue weighted by Gasteiger charge is 2.23. The van der Waals surface area contributed by atoms with Gasteiger partial charge in [-0.05, 0) is 43.0 Å². The Bertz CT molecular complexity index is 1200. The normalized spacial score (nSPS) is 17.8. The molecule has 8 heteroatoms. The molecule has 170 valence electrons. The van der Waals surface area contributed by atoms with Crippen LogP contribution < -0.4 is 15.7 Å². The van der Waals surface area contributed by atoms with Crippen molar-refractivity contribution in [2.45, 2.75) is 45.4 Å². The van der Waals surface area contributed by atoms with E-state index >= 15 is 0 Å². The summed E-state index contributed by atoms with van der Waals surface area (Å²) in [5.41, 5.74) is 9.54. The van der Waals surface area contributed by atoms with E-state index in [1.165, 1.54) is 31.0 Å². The predicted octanol–water partition coefficient (Wildman–Crippen LogP) is 4.93. The number of piperidine rings is 1. The summed E-state index contributed by atoms with van der Waals surface area (Å²) in [6.45, 7) is 3.85. The van der Waals surface area contributed by atoms with Gasteiger partial charge in [0.2, 0.25) is 0 Å². The summed E-state index contributed by atoms with van der Waals surface area (Å²) in [6.07, 6.45) is 9.53. The summed E-state index contributed by atoms with van der Waals surface area (Å²) in [5.74, 6) is 1.37. The number of hydrogen-bond acceptors (Lipinski definition) is 6. The summed E-state index contributed by atoms with van der Waals surface area (Å²) in [7, 11) is 0. The van der Waals surface area contributed by atoms with Gasteiger partial charge in [-0.15, -0.1) is 0 Å². The molecular formula is C25H27FN6O. The minimum atomic E-state index is -0.116. The van der Waals surface area contributed by atoms with E-state index in [2.05, 4.69) is 48.4 Å². The summed E-state index contributed by atoms with van der Waals surface area (Å²) in [4.78, 5) is 17.1. The zero-order valence-electron chi connectivity index (χ0n) is 18.5. The molecule has 0 radical (unpaired) electrons. The van der Waals surface area contributed by atoms with E-state index < -0.39 is 0 Å². The summed E-state index contributed by atoms with van der Waals surface area (Å²) in [5, 5.41) is 3.48. The van der Waals surface area contributed by atoms with E-state index in [4.69, 9.17) is 4.84 Å². The number of aromatic nitrogens is 3. The van der Waals surface area contributed by atoms with Crippen LogP contribution in [0.3, 0.4) is 0 Å². The van der Waals surface area contributed by atoms with Crippen LogP contribution in [0.4, 0.5) is 21.6 Å². The average molecular weight is 447 g/mol. The summed E-state index contributed by atoms with van der Waals surface area (Å²) < 4.78 is 15.8. The number of rotatable bonds is 4. The van der Waals surface area contributed by atoms with Gasteiger partial charge in [0, 0.05) is 55.5 Å². The molecular weight excluding hydrogens is 419 g/mol. The maximum Gasteiger partial charge on any atom is 0.135 e. The van der Waals surface area contributed by atoms with Gasteiger partial charge in [-0.3, -0.25) is 4.84 Å². The van der Waals surface area contributed by atoms with E-state index in [0.29, 0.717) is 31.9 Å². The SMILES string of the molecule is FC1=Cc2ncc(-c3ccc(Nc4ccc(N5CCCCC5)cn4)c4c3CNOC4)n2CC1. The highest BCUT2D eigenvalue weighted by Crippen LogP contribution is 2.36. The average Bonchev–Trinajstić information content (AvgIpc) is 3.28. The second-order valence-electron chi connectivity index (χ2n) is 8.80. The number of pyridine rings is 1. The van der Waals surface area contributed by atoms with Gasteiger partial charge < -0.3 is 14.8 Å². The molecule has 0 unspecified atom stereocenters. The number of halogens is 1. The number of anilines is 3. The first kappa shape index (κ1) is 20.4. The smallest absolute Gasteiger partial charge is 0.135 e. The molecule has 0 saturated carbocycles. The number of nitrogens with zero attached hydrogens (tertiary/aromatic N) is 4. The largest absolute Gasteiger partial charge is 0.370 e. The number of hydrogen-bond donors (Lipinski definition) is 2. The molecule has 3 aromatic rings. The Morgan fingerprint density at radius 2 is 1.88 bits per heavy atom. The third-order valence-electron chi connectivity index (χ3n) is 6.75. The Morgan fingerprint density at radius 1 is 0.970 bits per heavy atom. The van der Waals surface area contributed by atoms with Crippen LogP contribution in [-0.4, -0.2) is 27.6 Å². The highest BCUT2D eigenvalue weighted by molar-refractivity contribution is 5.74. The molecule has 0 bridgehead atoms. The van der Waals surface area contributed by atoms with Gasteiger partial charge in [-0.2, -0.15) is 5.48 Å². The minimum absolute atomic E-state index is 0.116. The third kappa shape index (κ3) is 3.89. The molecule has 3 aliphatic rings. The second-order valence-corrected chi connectivity index (χ2v) is 8.80. The van der Waals surface area contributed by atoms with Gasteiger partial charge in [-0.25, -0.2) is 14.4 Å². The van der Waals surface area contributed by atoms with Crippen LogP contribution in [0, 0.1) is 0 Å². The minimum Gasteiger partial charge on any atom is -0.370 e. The summed E-state index contributed by atoms with van der Waals surface area (Å²) in [6, 6.07) is 8.36. The molecule has 33 heavy (non-hydrogen) atoms. The Hall–Kier alpha value is -3.23. The van der Waals surface area contributed by atoms with Crippen LogP contribution in [0.25, 0.3) is 17.3 Å². The van der Waals surface area contributed by atoms with Crippen LogP contribution in [-0.2, 0) is 24.5 Å². The molecule has 0 amide bonds. The van der Waals surface area contributed by atoms with Crippen molar-refractivity contribution in [3.05, 3.63) is 59.4 Å². The highest BCUT2D eigenvalue weighted by atomic mass is 19.1. The number of imidazole rings is 1. The van der Waals surface area contributed by atoms with Crippen LogP contribution in [0.5, 0.6) is 0 Å². The second kappa shape index (κ2) is 8.61. The quantitative estimate of drug-likeness (QED) is 0.593. The van der Waals surface area contributed by atoms with Crippen molar-refractivity contribution in [2.24, 2.45) is 0 Å². The molecule has 2 aromatic heterocycles. The molecule has 5 heterocycles. The van der Waals surface area contributed by atoms with Gasteiger partial charge in [0.15, 0.2) is 0 Å². The van der Waals surface area contributed by atoms with E-state index in [1.54, 1.807) is 0 Å². The summed E-state index contributed by atoms with van der Waals surface area (Å²) >= 11 is 0. The maximum absolute atomic E-state index is 13.7. The monoisotopic (exact) mass is 446 g/mol. The molecule has 1 saturated heterocycles. The lowest BCUT2D eigenvalue weighted by atomic mass is 9.96. The number of allylic oxidation sites excluding steroid dienone is 1. The van der Waals surface area contributed by atoms with E-state index in [0.717, 1.165) is 47.0 Å². The third-order valence-corrected chi connectivity index (χ3v) is 6.75. The fourth-order valence-electron chi connectivity index (χ4n) is 4.99. The van der Waals surface area contributed by atoms with Gasteiger partial charge in [0.05, 0.1) is 30.4 Å². The van der Waals surface area contributed by atoms with Crippen molar-refractivity contribution in [3.8, 4) is 11.3 Å². The Balaban J connectivity index is 1.30. The van der Waals surface area contributed by atoms with Crippen LogP contribution in [0.2, 0.25) is 0 Å². The molecule has 0 aliphatic carbocycles. The van der Waals surface area contributed by atoms with Crippen LogP contribution in [0.1, 0.15) is 42.6 Å². The molecule has 6 rings (SSSR count). The zero-order valence-corrected chi connectivity index (χ0v) is 18.5. The lowest BCUT2D eigenvalue weighted by Gasteiger charge is -2.28. The van der Waals surface area contributed by atoms with Crippen LogP contribution in [0.15, 0.2) is 42.5 Å². The van der Waals surface area contributed by atoms with E-state index in [1.807, 2.05) is 18.5 Å². The Morgan fingerprint density at radius 3 is 2.73 bits per heavy atom. The first-order valence-corrected chi connectivity index (χ1v) is 11.7. The van der Waals surface area contributed by atoms with Gasteiger partial charge >= 0.3 is 0 Å². The van der Waals surface area contributed by atoms with Gasteiger partial charge in [0.1, 0.15) is 17.5 Å². The van der Waals surface area contributed by atoms with Crippen molar-refractivity contribution in [1.29, 1.82) is 0 Å².